The second kappa shape index (κ2) is 12.8. The van der Waals surface area contributed by atoms with E-state index in [1.54, 1.807) is 6.07 Å². The van der Waals surface area contributed by atoms with Crippen LogP contribution in [0.1, 0.15) is 33.1 Å². The van der Waals surface area contributed by atoms with Gasteiger partial charge >= 0.3 is 0 Å². The summed E-state index contributed by atoms with van der Waals surface area (Å²) in [5, 5.41) is 6.20. The first-order chi connectivity index (χ1) is 16.0. The van der Waals surface area contributed by atoms with Crippen molar-refractivity contribution in [3.8, 4) is 0 Å². The maximum absolute atomic E-state index is 5.74. The number of pyridine rings is 2. The van der Waals surface area contributed by atoms with Crippen LogP contribution in [-0.2, 0) is 0 Å². The van der Waals surface area contributed by atoms with Crippen LogP contribution in [0.2, 0.25) is 5.15 Å². The van der Waals surface area contributed by atoms with Crippen molar-refractivity contribution in [1.29, 1.82) is 0 Å². The van der Waals surface area contributed by atoms with E-state index >= 15 is 0 Å². The molecule has 0 saturated heterocycles. The standard InChI is InChI=1S/C13H13BrN2.C9H5BrClN.C4H9N.CH4/c14-11-5-3-10-4-6-13(16-12(10)7-11)15-8-9-1-2-9;10-7-3-1-6-2-4-9(11)12-8(6)5-7;5-3-4-1-2-4;/h3-7,9H,1-2,8H2,(H,15,16);1-5H;4H,1-3,5H2;1H4. The van der Waals surface area contributed by atoms with E-state index in [2.05, 4.69) is 71.4 Å². The highest BCUT2D eigenvalue weighted by atomic mass is 79.9. The second-order valence-corrected chi connectivity index (χ2v) is 10.7. The quantitative estimate of drug-likeness (QED) is 0.229. The van der Waals surface area contributed by atoms with Crippen molar-refractivity contribution in [2.75, 3.05) is 18.4 Å². The molecule has 4 nitrogen and oxygen atoms in total. The van der Waals surface area contributed by atoms with Crippen LogP contribution in [0.5, 0.6) is 0 Å². The average molecular weight is 607 g/mol. The van der Waals surface area contributed by atoms with Crippen molar-refractivity contribution >= 4 is 71.1 Å². The molecule has 4 aromatic rings. The molecule has 2 aromatic carbocycles. The highest BCUT2D eigenvalue weighted by Crippen LogP contribution is 2.29. The smallest absolute Gasteiger partial charge is 0.129 e. The maximum atomic E-state index is 5.74. The summed E-state index contributed by atoms with van der Waals surface area (Å²) in [6.45, 7) is 1.98. The third-order valence-corrected chi connectivity index (χ3v) is 6.77. The van der Waals surface area contributed by atoms with Crippen molar-refractivity contribution in [3.63, 3.8) is 0 Å². The van der Waals surface area contributed by atoms with Gasteiger partial charge in [0.15, 0.2) is 0 Å². The summed E-state index contributed by atoms with van der Waals surface area (Å²) in [7, 11) is 0. The highest BCUT2D eigenvalue weighted by Gasteiger charge is 2.20. The molecule has 0 radical (unpaired) electrons. The molecule has 34 heavy (non-hydrogen) atoms. The van der Waals surface area contributed by atoms with Crippen molar-refractivity contribution in [2.24, 2.45) is 17.6 Å². The first kappa shape index (κ1) is 26.9. The van der Waals surface area contributed by atoms with E-state index in [1.165, 1.54) is 31.1 Å². The molecule has 0 spiro atoms. The molecule has 2 aromatic heterocycles. The fourth-order valence-corrected chi connectivity index (χ4v) is 4.03. The molecule has 0 aliphatic heterocycles. The summed E-state index contributed by atoms with van der Waals surface area (Å²) >= 11 is 12.6. The maximum Gasteiger partial charge on any atom is 0.129 e. The van der Waals surface area contributed by atoms with Gasteiger partial charge in [-0.2, -0.15) is 0 Å². The summed E-state index contributed by atoms with van der Waals surface area (Å²) < 4.78 is 2.09. The van der Waals surface area contributed by atoms with Crippen LogP contribution in [0.4, 0.5) is 5.82 Å². The van der Waals surface area contributed by atoms with Crippen LogP contribution in [0.15, 0.2) is 69.6 Å². The Morgan fingerprint density at radius 1 is 0.794 bits per heavy atom. The number of hydrogen-bond donors (Lipinski definition) is 2. The summed E-state index contributed by atoms with van der Waals surface area (Å²) in [5.74, 6) is 2.77. The Bertz CT molecular complexity index is 1190. The molecule has 180 valence electrons. The Kier molecular flexibility index (Phi) is 10.1. The number of nitrogens with one attached hydrogen (secondary N) is 1. The first-order valence-corrected chi connectivity index (χ1v) is 13.2. The van der Waals surface area contributed by atoms with Gasteiger partial charge in [-0.05, 0) is 92.6 Å². The molecule has 2 fully saturated rings. The molecule has 7 heteroatoms. The molecule has 0 bridgehead atoms. The predicted octanol–water partition coefficient (Wildman–Crippen LogP) is 8.46. The Labute approximate surface area is 224 Å². The van der Waals surface area contributed by atoms with Gasteiger partial charge in [0, 0.05) is 26.3 Å². The lowest BCUT2D eigenvalue weighted by Crippen LogP contribution is -2.04. The van der Waals surface area contributed by atoms with Crippen molar-refractivity contribution < 1.29 is 0 Å². The Hall–Kier alpha value is -1.73. The van der Waals surface area contributed by atoms with Gasteiger partial charge in [-0.15, -0.1) is 0 Å². The molecule has 0 atom stereocenters. The molecule has 0 unspecified atom stereocenters. The summed E-state index contributed by atoms with van der Waals surface area (Å²) in [4.78, 5) is 8.77. The molecule has 0 amide bonds. The molecule has 2 aliphatic rings. The number of aromatic nitrogens is 2. The lowest BCUT2D eigenvalue weighted by molar-refractivity contribution is 0.847. The van der Waals surface area contributed by atoms with Crippen LogP contribution in [0.3, 0.4) is 0 Å². The second-order valence-electron chi connectivity index (χ2n) is 8.51. The minimum atomic E-state index is 0. The Balaban J connectivity index is 0.000000159. The molecule has 2 saturated carbocycles. The van der Waals surface area contributed by atoms with Crippen molar-refractivity contribution in [3.05, 3.63) is 74.8 Å². The van der Waals surface area contributed by atoms with E-state index in [-0.39, 0.29) is 7.43 Å². The fourth-order valence-electron chi connectivity index (χ4n) is 3.18. The van der Waals surface area contributed by atoms with E-state index in [9.17, 15) is 0 Å². The van der Waals surface area contributed by atoms with Crippen molar-refractivity contribution in [2.45, 2.75) is 33.1 Å². The third-order valence-electron chi connectivity index (χ3n) is 5.57. The van der Waals surface area contributed by atoms with Gasteiger partial charge in [0.1, 0.15) is 11.0 Å². The molecule has 2 heterocycles. The lowest BCUT2D eigenvalue weighted by Gasteiger charge is -2.05. The minimum Gasteiger partial charge on any atom is -0.370 e. The zero-order valence-electron chi connectivity index (χ0n) is 18.3. The van der Waals surface area contributed by atoms with Crippen LogP contribution in [0.25, 0.3) is 21.8 Å². The molecular formula is C27H31Br2ClN4. The number of hydrogen-bond acceptors (Lipinski definition) is 4. The number of halogens is 3. The molecule has 6 rings (SSSR count). The van der Waals surface area contributed by atoms with E-state index in [4.69, 9.17) is 17.3 Å². The van der Waals surface area contributed by atoms with Crippen LogP contribution >= 0.6 is 43.5 Å². The van der Waals surface area contributed by atoms with E-state index < -0.39 is 0 Å². The van der Waals surface area contributed by atoms with Gasteiger partial charge in [0.25, 0.3) is 0 Å². The third kappa shape index (κ3) is 8.49. The molecular weight excluding hydrogens is 576 g/mol. The lowest BCUT2D eigenvalue weighted by atomic mass is 10.2. The topological polar surface area (TPSA) is 63.8 Å². The largest absolute Gasteiger partial charge is 0.370 e. The van der Waals surface area contributed by atoms with Gasteiger partial charge in [0.2, 0.25) is 0 Å². The SMILES string of the molecule is Brc1ccc2ccc(NCC3CC3)nc2c1.C.Clc1ccc2ccc(Br)cc2n1.NCC1CC1. The summed E-state index contributed by atoms with van der Waals surface area (Å²) in [6.07, 6.45) is 5.51. The number of nitrogens with zero attached hydrogens (tertiary/aromatic N) is 2. The van der Waals surface area contributed by atoms with Crippen LogP contribution < -0.4 is 11.1 Å². The van der Waals surface area contributed by atoms with Crippen LogP contribution in [-0.4, -0.2) is 23.1 Å². The molecule has 2 aliphatic carbocycles. The number of rotatable bonds is 4. The fraction of sp³-hybridized carbons (Fsp3) is 0.333. The average Bonchev–Trinajstić information content (AvgIpc) is 3.72. The minimum absolute atomic E-state index is 0. The van der Waals surface area contributed by atoms with Gasteiger partial charge in [-0.1, -0.05) is 63.0 Å². The number of anilines is 1. The van der Waals surface area contributed by atoms with E-state index in [1.807, 2.05) is 30.3 Å². The predicted molar refractivity (Wildman–Crippen MR) is 154 cm³/mol. The van der Waals surface area contributed by atoms with Gasteiger partial charge < -0.3 is 11.1 Å². The number of nitrogens with two attached hydrogens (primary N) is 1. The first-order valence-electron chi connectivity index (χ1n) is 11.2. The monoisotopic (exact) mass is 604 g/mol. The Morgan fingerprint density at radius 3 is 1.85 bits per heavy atom. The normalized spacial score (nSPS) is 14.4. The van der Waals surface area contributed by atoms with E-state index in [0.717, 1.165) is 56.1 Å². The number of benzene rings is 2. The van der Waals surface area contributed by atoms with Crippen LogP contribution in [0, 0.1) is 11.8 Å². The van der Waals surface area contributed by atoms with Gasteiger partial charge in [0.05, 0.1) is 11.0 Å². The van der Waals surface area contributed by atoms with E-state index in [0.29, 0.717) is 5.15 Å². The summed E-state index contributed by atoms with van der Waals surface area (Å²) in [6, 6.07) is 20.0. The van der Waals surface area contributed by atoms with Gasteiger partial charge in [-0.25, -0.2) is 9.97 Å². The highest BCUT2D eigenvalue weighted by molar-refractivity contribution is 9.10. The number of fused-ring (bicyclic) bond motifs is 2. The Morgan fingerprint density at radius 2 is 1.32 bits per heavy atom. The van der Waals surface area contributed by atoms with Crippen molar-refractivity contribution in [1.82, 2.24) is 9.97 Å². The molecule has 3 N–H and O–H groups in total. The zero-order chi connectivity index (χ0) is 23.2. The summed E-state index contributed by atoms with van der Waals surface area (Å²) in [5.41, 5.74) is 7.18. The zero-order valence-corrected chi connectivity index (χ0v) is 22.2. The van der Waals surface area contributed by atoms with Gasteiger partial charge in [-0.3, -0.25) is 0 Å².